The lowest BCUT2D eigenvalue weighted by Gasteiger charge is -2.08. The molecule has 0 saturated heterocycles. The molecular formula is C18H20ClNO2. The number of carbonyl (C=O) groups excluding carboxylic acids is 1. The summed E-state index contributed by atoms with van der Waals surface area (Å²) in [5.74, 6) is -0.282. The van der Waals surface area contributed by atoms with E-state index < -0.39 is 0 Å². The number of nitrogens with one attached hydrogen (secondary N) is 1. The van der Waals surface area contributed by atoms with Crippen LogP contribution in [0, 0.1) is 0 Å². The van der Waals surface area contributed by atoms with Crippen LogP contribution in [0.2, 0.25) is 5.02 Å². The number of benzene rings is 2. The molecule has 1 N–H and O–H groups in total. The first kappa shape index (κ1) is 16.4. The van der Waals surface area contributed by atoms with Gasteiger partial charge in [-0.2, -0.15) is 0 Å². The molecule has 0 atom stereocenters. The lowest BCUT2D eigenvalue weighted by molar-refractivity contribution is 0.0526. The molecule has 116 valence electrons. The largest absolute Gasteiger partial charge is 0.462 e. The van der Waals surface area contributed by atoms with Crippen molar-refractivity contribution in [1.29, 1.82) is 0 Å². The van der Waals surface area contributed by atoms with E-state index in [4.69, 9.17) is 16.3 Å². The first-order chi connectivity index (χ1) is 10.7. The van der Waals surface area contributed by atoms with E-state index in [1.54, 1.807) is 19.1 Å². The van der Waals surface area contributed by atoms with Gasteiger partial charge < -0.3 is 10.1 Å². The first-order valence-corrected chi connectivity index (χ1v) is 7.82. The Balaban J connectivity index is 1.76. The van der Waals surface area contributed by atoms with Crippen molar-refractivity contribution in [3.05, 3.63) is 64.7 Å². The molecule has 0 aromatic heterocycles. The van der Waals surface area contributed by atoms with Crippen molar-refractivity contribution in [1.82, 2.24) is 0 Å². The van der Waals surface area contributed by atoms with Crippen LogP contribution in [-0.4, -0.2) is 19.1 Å². The normalized spacial score (nSPS) is 10.3. The maximum absolute atomic E-state index is 11.5. The van der Waals surface area contributed by atoms with Gasteiger partial charge in [0.05, 0.1) is 12.2 Å². The molecule has 0 aliphatic heterocycles. The highest BCUT2D eigenvalue weighted by Crippen LogP contribution is 2.13. The molecule has 22 heavy (non-hydrogen) atoms. The Morgan fingerprint density at radius 2 is 1.95 bits per heavy atom. The number of hydrogen-bond acceptors (Lipinski definition) is 3. The summed E-state index contributed by atoms with van der Waals surface area (Å²) in [6.45, 7) is 3.06. The quantitative estimate of drug-likeness (QED) is 0.601. The Bertz CT molecular complexity index is 611. The molecule has 0 amide bonds. The molecule has 3 nitrogen and oxygen atoms in total. The minimum absolute atomic E-state index is 0.282. The molecule has 0 fully saturated rings. The maximum Gasteiger partial charge on any atom is 0.338 e. The highest BCUT2D eigenvalue weighted by atomic mass is 35.5. The van der Waals surface area contributed by atoms with Crippen molar-refractivity contribution in [2.75, 3.05) is 18.5 Å². The van der Waals surface area contributed by atoms with Gasteiger partial charge in [0.15, 0.2) is 0 Å². The fourth-order valence-corrected chi connectivity index (χ4v) is 2.37. The molecule has 0 heterocycles. The van der Waals surface area contributed by atoms with Gasteiger partial charge in [0.25, 0.3) is 0 Å². The summed E-state index contributed by atoms with van der Waals surface area (Å²) >= 11 is 5.96. The van der Waals surface area contributed by atoms with E-state index in [0.29, 0.717) is 12.2 Å². The molecule has 0 saturated carbocycles. The summed E-state index contributed by atoms with van der Waals surface area (Å²) in [4.78, 5) is 11.5. The summed E-state index contributed by atoms with van der Waals surface area (Å²) in [6, 6.07) is 15.3. The van der Waals surface area contributed by atoms with Crippen molar-refractivity contribution in [3.8, 4) is 0 Å². The topological polar surface area (TPSA) is 38.3 Å². The van der Waals surface area contributed by atoms with Crippen molar-refractivity contribution in [3.63, 3.8) is 0 Å². The van der Waals surface area contributed by atoms with Gasteiger partial charge in [0.2, 0.25) is 0 Å². The second-order valence-corrected chi connectivity index (χ2v) is 5.39. The molecule has 0 radical (unpaired) electrons. The lowest BCUT2D eigenvalue weighted by atomic mass is 10.1. The van der Waals surface area contributed by atoms with Crippen molar-refractivity contribution >= 4 is 23.3 Å². The van der Waals surface area contributed by atoms with Crippen LogP contribution in [0.5, 0.6) is 0 Å². The summed E-state index contributed by atoms with van der Waals surface area (Å²) in [5, 5.41) is 4.12. The van der Waals surface area contributed by atoms with Crippen LogP contribution in [0.15, 0.2) is 48.5 Å². The number of aryl methyl sites for hydroxylation is 1. The van der Waals surface area contributed by atoms with Crippen LogP contribution in [0.1, 0.15) is 29.3 Å². The maximum atomic E-state index is 11.5. The average Bonchev–Trinajstić information content (AvgIpc) is 2.52. The number of esters is 1. The van der Waals surface area contributed by atoms with Gasteiger partial charge >= 0.3 is 5.97 Å². The molecule has 2 rings (SSSR count). The van der Waals surface area contributed by atoms with Gasteiger partial charge in [-0.15, -0.1) is 0 Å². The predicted octanol–water partition coefficient (Wildman–Crippen LogP) is 4.56. The zero-order chi connectivity index (χ0) is 15.8. The molecule has 2 aromatic carbocycles. The summed E-state index contributed by atoms with van der Waals surface area (Å²) in [7, 11) is 0. The number of anilines is 1. The van der Waals surface area contributed by atoms with Crippen molar-refractivity contribution in [2.24, 2.45) is 0 Å². The molecule has 0 aliphatic carbocycles. The van der Waals surface area contributed by atoms with Crippen molar-refractivity contribution in [2.45, 2.75) is 19.8 Å². The van der Waals surface area contributed by atoms with Gasteiger partial charge in [-0.1, -0.05) is 23.7 Å². The zero-order valence-electron chi connectivity index (χ0n) is 12.6. The Kier molecular flexibility index (Phi) is 6.28. The summed E-state index contributed by atoms with van der Waals surface area (Å²) in [5.41, 5.74) is 2.82. The minimum atomic E-state index is -0.282. The average molecular weight is 318 g/mol. The Hall–Kier alpha value is -2.00. The van der Waals surface area contributed by atoms with E-state index in [2.05, 4.69) is 11.4 Å². The SMILES string of the molecule is CCOC(=O)c1ccc(NCCCc2cccc(Cl)c2)cc1. The van der Waals surface area contributed by atoms with Gasteiger partial charge in [0, 0.05) is 17.3 Å². The van der Waals surface area contributed by atoms with E-state index in [1.165, 1.54) is 5.56 Å². The van der Waals surface area contributed by atoms with Crippen molar-refractivity contribution < 1.29 is 9.53 Å². The molecular weight excluding hydrogens is 298 g/mol. The zero-order valence-corrected chi connectivity index (χ0v) is 13.4. The van der Waals surface area contributed by atoms with Gasteiger partial charge in [-0.25, -0.2) is 4.79 Å². The predicted molar refractivity (Wildman–Crippen MR) is 90.7 cm³/mol. The van der Waals surface area contributed by atoms with E-state index in [-0.39, 0.29) is 5.97 Å². The van der Waals surface area contributed by atoms with Gasteiger partial charge in [-0.05, 0) is 61.7 Å². The monoisotopic (exact) mass is 317 g/mol. The van der Waals surface area contributed by atoms with Crippen LogP contribution < -0.4 is 5.32 Å². The fourth-order valence-electron chi connectivity index (χ4n) is 2.16. The number of hydrogen-bond donors (Lipinski definition) is 1. The van der Waals surface area contributed by atoms with Gasteiger partial charge in [0.1, 0.15) is 0 Å². The van der Waals surface area contributed by atoms with Gasteiger partial charge in [-0.3, -0.25) is 0 Å². The number of ether oxygens (including phenoxy) is 1. The van der Waals surface area contributed by atoms with Crippen LogP contribution in [0.25, 0.3) is 0 Å². The van der Waals surface area contributed by atoms with E-state index >= 15 is 0 Å². The van der Waals surface area contributed by atoms with Crippen LogP contribution in [0.4, 0.5) is 5.69 Å². The Labute approximate surface area is 136 Å². The fraction of sp³-hybridized carbons (Fsp3) is 0.278. The first-order valence-electron chi connectivity index (χ1n) is 7.44. The van der Waals surface area contributed by atoms with E-state index in [9.17, 15) is 4.79 Å². The molecule has 2 aromatic rings. The molecule has 0 aliphatic rings. The van der Waals surface area contributed by atoms with E-state index in [0.717, 1.165) is 30.1 Å². The molecule has 4 heteroatoms. The molecule has 0 spiro atoms. The third-order valence-electron chi connectivity index (χ3n) is 3.26. The molecule has 0 unspecified atom stereocenters. The highest BCUT2D eigenvalue weighted by Gasteiger charge is 2.05. The Morgan fingerprint density at radius 1 is 1.18 bits per heavy atom. The van der Waals surface area contributed by atoms with Crippen LogP contribution in [0.3, 0.4) is 0 Å². The molecule has 0 bridgehead atoms. The third-order valence-corrected chi connectivity index (χ3v) is 3.49. The lowest BCUT2D eigenvalue weighted by Crippen LogP contribution is -2.06. The number of carbonyl (C=O) groups is 1. The summed E-state index contributed by atoms with van der Waals surface area (Å²) < 4.78 is 4.95. The van der Waals surface area contributed by atoms with Crippen LogP contribution >= 0.6 is 11.6 Å². The van der Waals surface area contributed by atoms with Crippen LogP contribution in [-0.2, 0) is 11.2 Å². The highest BCUT2D eigenvalue weighted by molar-refractivity contribution is 6.30. The summed E-state index contributed by atoms with van der Waals surface area (Å²) in [6.07, 6.45) is 1.99. The minimum Gasteiger partial charge on any atom is -0.462 e. The van der Waals surface area contributed by atoms with E-state index in [1.807, 2.05) is 30.3 Å². The third kappa shape index (κ3) is 5.08. The number of halogens is 1. The Morgan fingerprint density at radius 3 is 2.64 bits per heavy atom. The second kappa shape index (κ2) is 8.44. The standard InChI is InChI=1S/C18H20ClNO2/c1-2-22-18(21)15-8-10-17(11-9-15)20-12-4-6-14-5-3-7-16(19)13-14/h3,5,7-11,13,20H,2,4,6,12H2,1H3. The second-order valence-electron chi connectivity index (χ2n) is 4.96. The number of rotatable bonds is 7. The smallest absolute Gasteiger partial charge is 0.338 e.